The number of carbonyl (C=O) groups excluding carboxylic acids is 1. The van der Waals surface area contributed by atoms with Gasteiger partial charge in [-0.2, -0.15) is 0 Å². The second-order valence-electron chi connectivity index (χ2n) is 14.7. The molecule has 47 heavy (non-hydrogen) atoms. The average Bonchev–Trinajstić information content (AvgIpc) is 3.79. The third-order valence-corrected chi connectivity index (χ3v) is 14.1. The third kappa shape index (κ3) is 6.64. The highest BCUT2D eigenvalue weighted by atomic mass is 32.2. The lowest BCUT2D eigenvalue weighted by atomic mass is 9.57. The zero-order valence-corrected chi connectivity index (χ0v) is 28.2. The Morgan fingerprint density at radius 2 is 1.57 bits per heavy atom. The van der Waals surface area contributed by atoms with E-state index in [2.05, 4.69) is 20.0 Å². The summed E-state index contributed by atoms with van der Waals surface area (Å²) in [4.78, 5) is 20.1. The van der Waals surface area contributed by atoms with Crippen molar-refractivity contribution in [2.24, 2.45) is 17.8 Å². The van der Waals surface area contributed by atoms with Crippen molar-refractivity contribution in [1.29, 1.82) is 0 Å². The van der Waals surface area contributed by atoms with Gasteiger partial charge in [-0.05, 0) is 125 Å². The van der Waals surface area contributed by atoms with Crippen molar-refractivity contribution in [2.75, 3.05) is 64.4 Å². The number of amides is 1. The molecule has 3 saturated heterocycles. The number of halogens is 2. The van der Waals surface area contributed by atoms with Gasteiger partial charge in [-0.15, -0.1) is 0 Å². The van der Waals surface area contributed by atoms with Crippen LogP contribution in [0.3, 0.4) is 0 Å². The Morgan fingerprint density at radius 3 is 2.17 bits per heavy atom. The SMILES string of the molecule is COC(=O)N[C@H]1CCC[C@@H]1[C@@](CN1CCC1)(c1cc(F)cc(F)c1)C1CCN(CC2CN(c3ccc(S(=O)(=O)C4CC4)cc3)C2)CC1. The van der Waals surface area contributed by atoms with E-state index in [9.17, 15) is 22.0 Å². The predicted octanol–water partition coefficient (Wildman–Crippen LogP) is 5.22. The molecule has 0 spiro atoms. The van der Waals surface area contributed by atoms with Crippen LogP contribution in [0.2, 0.25) is 0 Å². The van der Waals surface area contributed by atoms with Gasteiger partial charge < -0.3 is 24.8 Å². The Kier molecular flexibility index (Phi) is 9.25. The highest BCUT2D eigenvalue weighted by molar-refractivity contribution is 7.92. The van der Waals surface area contributed by atoms with Crippen molar-refractivity contribution >= 4 is 21.6 Å². The number of hydrogen-bond acceptors (Lipinski definition) is 7. The minimum absolute atomic E-state index is 0.0470. The Morgan fingerprint density at radius 1 is 0.894 bits per heavy atom. The fourth-order valence-corrected chi connectivity index (χ4v) is 10.7. The summed E-state index contributed by atoms with van der Waals surface area (Å²) in [5.74, 6) is -0.294. The van der Waals surface area contributed by atoms with Crippen LogP contribution in [-0.2, 0) is 20.0 Å². The Labute approximate surface area is 277 Å². The summed E-state index contributed by atoms with van der Waals surface area (Å²) in [6, 6.07) is 11.4. The Bertz CT molecular complexity index is 1520. The standard InChI is InChI=1S/C36H48F2N4O4S/c1-46-35(43)39-34-5-2-4-33(34)36(24-41-14-3-15-41,27-18-28(37)20-29(38)19-27)26-12-16-40(17-13-26)21-25-22-42(23-25)30-6-8-31(9-7-30)47(44,45)32-10-11-32/h6-9,18-20,25-26,32-34H,2-5,10-17,21-24H2,1H3,(H,39,43)/t33-,34-,36+/m0/s1. The first kappa shape index (κ1) is 32.8. The summed E-state index contributed by atoms with van der Waals surface area (Å²) >= 11 is 0. The van der Waals surface area contributed by atoms with Crippen LogP contribution in [0.1, 0.15) is 56.9 Å². The molecule has 5 fully saturated rings. The van der Waals surface area contributed by atoms with Crippen LogP contribution < -0.4 is 10.2 Å². The number of likely N-dealkylation sites (tertiary alicyclic amines) is 2. The molecule has 0 unspecified atom stereocenters. The van der Waals surface area contributed by atoms with Gasteiger partial charge in [0.2, 0.25) is 0 Å². The summed E-state index contributed by atoms with van der Waals surface area (Å²) in [5.41, 5.74) is 1.30. The van der Waals surface area contributed by atoms with Crippen molar-refractivity contribution in [2.45, 2.75) is 73.0 Å². The van der Waals surface area contributed by atoms with E-state index in [0.29, 0.717) is 10.8 Å². The predicted molar refractivity (Wildman–Crippen MR) is 177 cm³/mol. The van der Waals surface area contributed by atoms with Crippen molar-refractivity contribution in [3.05, 3.63) is 59.7 Å². The monoisotopic (exact) mass is 670 g/mol. The van der Waals surface area contributed by atoms with Crippen LogP contribution in [0.15, 0.2) is 47.4 Å². The number of carbonyl (C=O) groups is 1. The Hall–Kier alpha value is -2.76. The molecular weight excluding hydrogens is 622 g/mol. The van der Waals surface area contributed by atoms with Gasteiger partial charge >= 0.3 is 6.09 Å². The van der Waals surface area contributed by atoms with Gasteiger partial charge in [0.1, 0.15) is 11.6 Å². The highest BCUT2D eigenvalue weighted by Crippen LogP contribution is 2.52. The molecule has 7 rings (SSSR count). The minimum atomic E-state index is -3.17. The molecule has 0 aromatic heterocycles. The maximum atomic E-state index is 14.9. The van der Waals surface area contributed by atoms with Gasteiger partial charge in [-0.25, -0.2) is 22.0 Å². The molecule has 2 aromatic rings. The van der Waals surface area contributed by atoms with E-state index in [1.165, 1.54) is 7.11 Å². The lowest BCUT2D eigenvalue weighted by molar-refractivity contribution is 0.0221. The van der Waals surface area contributed by atoms with E-state index >= 15 is 0 Å². The zero-order chi connectivity index (χ0) is 32.8. The second-order valence-corrected chi connectivity index (χ2v) is 16.9. The Balaban J connectivity index is 1.04. The fraction of sp³-hybridized carbons (Fsp3) is 0.639. The number of hydrogen-bond donors (Lipinski definition) is 1. The third-order valence-electron chi connectivity index (χ3n) is 11.8. The highest BCUT2D eigenvalue weighted by Gasteiger charge is 2.53. The molecule has 2 saturated carbocycles. The normalized spacial score (nSPS) is 26.0. The van der Waals surface area contributed by atoms with Gasteiger partial charge in [-0.1, -0.05) is 6.42 Å². The van der Waals surface area contributed by atoms with E-state index in [-0.39, 0.29) is 23.1 Å². The number of methoxy groups -OCH3 is 1. The maximum Gasteiger partial charge on any atom is 0.407 e. The lowest BCUT2D eigenvalue weighted by Gasteiger charge is -2.54. The zero-order valence-electron chi connectivity index (χ0n) is 27.4. The van der Waals surface area contributed by atoms with E-state index in [1.54, 1.807) is 24.3 Å². The molecule has 3 atom stereocenters. The van der Waals surface area contributed by atoms with Gasteiger partial charge in [0.25, 0.3) is 0 Å². The minimum Gasteiger partial charge on any atom is -0.453 e. The van der Waals surface area contributed by atoms with E-state index in [0.717, 1.165) is 121 Å². The number of piperidine rings is 1. The number of sulfone groups is 1. The summed E-state index contributed by atoms with van der Waals surface area (Å²) in [6.07, 6.45) is 6.76. The van der Waals surface area contributed by atoms with Crippen LogP contribution in [0, 0.1) is 29.4 Å². The van der Waals surface area contributed by atoms with Gasteiger partial charge in [0.05, 0.1) is 17.3 Å². The molecule has 8 nitrogen and oxygen atoms in total. The van der Waals surface area contributed by atoms with E-state index in [1.807, 2.05) is 12.1 Å². The van der Waals surface area contributed by atoms with Crippen LogP contribution in [0.4, 0.5) is 19.3 Å². The largest absolute Gasteiger partial charge is 0.453 e. The molecule has 11 heteroatoms. The number of nitrogens with one attached hydrogen (secondary N) is 1. The molecule has 0 bridgehead atoms. The molecule has 1 amide bonds. The second kappa shape index (κ2) is 13.3. The number of nitrogens with zero attached hydrogens (tertiary/aromatic N) is 3. The number of ether oxygens (including phenoxy) is 1. The molecule has 2 aromatic carbocycles. The molecule has 3 heterocycles. The number of benzene rings is 2. The molecule has 3 aliphatic heterocycles. The van der Waals surface area contributed by atoms with Gasteiger partial charge in [0, 0.05) is 55.3 Å². The quantitative estimate of drug-likeness (QED) is 0.351. The smallest absolute Gasteiger partial charge is 0.407 e. The molecular formula is C36H48F2N4O4S. The summed E-state index contributed by atoms with van der Waals surface area (Å²) in [7, 11) is -1.79. The van der Waals surface area contributed by atoms with Crippen LogP contribution in [0.25, 0.3) is 0 Å². The molecule has 5 aliphatic rings. The van der Waals surface area contributed by atoms with Crippen LogP contribution in [-0.4, -0.2) is 95.1 Å². The van der Waals surface area contributed by atoms with Gasteiger partial charge in [-0.3, -0.25) is 0 Å². The van der Waals surface area contributed by atoms with Crippen molar-refractivity contribution < 1.29 is 26.7 Å². The first-order valence-electron chi connectivity index (χ1n) is 17.5. The van der Waals surface area contributed by atoms with Crippen LogP contribution in [0.5, 0.6) is 0 Å². The lowest BCUT2D eigenvalue weighted by Crippen LogP contribution is -2.60. The maximum absolute atomic E-state index is 14.9. The van der Waals surface area contributed by atoms with Crippen LogP contribution >= 0.6 is 0 Å². The average molecular weight is 671 g/mol. The first-order chi connectivity index (χ1) is 22.7. The number of anilines is 1. The molecule has 2 aliphatic carbocycles. The summed E-state index contributed by atoms with van der Waals surface area (Å²) in [6.45, 7) is 7.45. The van der Waals surface area contributed by atoms with E-state index < -0.39 is 33.0 Å². The summed E-state index contributed by atoms with van der Waals surface area (Å²) in [5, 5.41) is 2.91. The molecule has 256 valence electrons. The molecule has 1 N–H and O–H groups in total. The number of alkyl carbamates (subject to hydrolysis) is 1. The van der Waals surface area contributed by atoms with Gasteiger partial charge in [0.15, 0.2) is 9.84 Å². The summed E-state index contributed by atoms with van der Waals surface area (Å²) < 4.78 is 60.0. The first-order valence-corrected chi connectivity index (χ1v) is 19.0. The topological polar surface area (TPSA) is 82.2 Å². The number of rotatable bonds is 11. The van der Waals surface area contributed by atoms with Crippen molar-refractivity contribution in [1.82, 2.24) is 15.1 Å². The fourth-order valence-electron chi connectivity index (χ4n) is 9.09. The van der Waals surface area contributed by atoms with Crippen molar-refractivity contribution in [3.63, 3.8) is 0 Å². The molecule has 0 radical (unpaired) electrons. The van der Waals surface area contributed by atoms with E-state index in [4.69, 9.17) is 4.74 Å². The van der Waals surface area contributed by atoms with Crippen molar-refractivity contribution in [3.8, 4) is 0 Å².